The number of aromatic nitrogens is 1. The quantitative estimate of drug-likeness (QED) is 0.431. The van der Waals surface area contributed by atoms with Gasteiger partial charge in [0.2, 0.25) is 0 Å². The summed E-state index contributed by atoms with van der Waals surface area (Å²) < 4.78 is 0.663. The molecule has 0 radical (unpaired) electrons. The van der Waals surface area contributed by atoms with Gasteiger partial charge < -0.3 is 5.32 Å². The first-order valence-electron chi connectivity index (χ1n) is 8.27. The first-order chi connectivity index (χ1) is 12.2. The van der Waals surface area contributed by atoms with E-state index in [1.807, 2.05) is 42.5 Å². The lowest BCUT2D eigenvalue weighted by atomic mass is 9.77. The second-order valence-electron chi connectivity index (χ2n) is 6.11. The topological polar surface area (TPSA) is 65.8 Å². The zero-order chi connectivity index (χ0) is 17.6. The molecule has 26 heavy (non-hydrogen) atoms. The molecule has 1 N–H and O–H groups in total. The van der Waals surface area contributed by atoms with E-state index in [0.717, 1.165) is 18.4 Å². The van der Waals surface area contributed by atoms with E-state index < -0.39 is 0 Å². The molecule has 0 saturated heterocycles. The number of carbonyl (C=O) groups excluding carboxylic acids is 1. The molecule has 134 valence electrons. The van der Waals surface area contributed by atoms with Crippen LogP contribution in [0.5, 0.6) is 0 Å². The lowest BCUT2D eigenvalue weighted by Gasteiger charge is -2.34. The Morgan fingerprint density at radius 3 is 2.54 bits per heavy atom. The average Bonchev–Trinajstić information content (AvgIpc) is 2.58. The van der Waals surface area contributed by atoms with Gasteiger partial charge in [0.15, 0.2) is 0 Å². The van der Waals surface area contributed by atoms with Crippen molar-refractivity contribution in [1.29, 1.82) is 5.26 Å². The maximum absolute atomic E-state index is 12.7. The summed E-state index contributed by atoms with van der Waals surface area (Å²) in [5, 5.41) is 12.5. The standard InChI is InChI=1S/C20H18BrN3O.H2S/c21-18-11-5-10-17(23-18)12-16(13-22)20(25)24-19(15-8-4-9-15)14-6-2-1-3-7-14;/h1-3,5-7,10-12,15,19H,4,8-9H2,(H,24,25);1H2/b16-12+;/t19-;/m1./s1. The van der Waals surface area contributed by atoms with Crippen molar-refractivity contribution in [2.75, 3.05) is 0 Å². The molecule has 6 heteroatoms. The summed E-state index contributed by atoms with van der Waals surface area (Å²) in [6.07, 6.45) is 4.90. The fourth-order valence-electron chi connectivity index (χ4n) is 2.93. The summed E-state index contributed by atoms with van der Waals surface area (Å²) in [5.41, 5.74) is 1.71. The number of nitriles is 1. The van der Waals surface area contributed by atoms with Crippen molar-refractivity contribution in [2.45, 2.75) is 25.3 Å². The van der Waals surface area contributed by atoms with Crippen molar-refractivity contribution in [3.05, 3.63) is 70.0 Å². The number of halogens is 1. The summed E-state index contributed by atoms with van der Waals surface area (Å²) >= 11 is 3.29. The van der Waals surface area contributed by atoms with Crippen LogP contribution < -0.4 is 5.32 Å². The normalized spacial score (nSPS) is 15.2. The molecule has 1 atom stereocenters. The van der Waals surface area contributed by atoms with E-state index >= 15 is 0 Å². The van der Waals surface area contributed by atoms with E-state index in [0.29, 0.717) is 16.2 Å². The van der Waals surface area contributed by atoms with Gasteiger partial charge in [-0.1, -0.05) is 42.8 Å². The maximum atomic E-state index is 12.7. The molecule has 0 spiro atoms. The number of hydrogen-bond donors (Lipinski definition) is 1. The third kappa shape index (κ3) is 4.96. The molecule has 2 aromatic rings. The number of nitrogens with one attached hydrogen (secondary N) is 1. The van der Waals surface area contributed by atoms with Gasteiger partial charge in [0, 0.05) is 0 Å². The summed E-state index contributed by atoms with van der Waals surface area (Å²) in [7, 11) is 0. The minimum absolute atomic E-state index is 0. The predicted molar refractivity (Wildman–Crippen MR) is 111 cm³/mol. The Kier molecular flexibility index (Phi) is 7.43. The number of pyridine rings is 1. The van der Waals surface area contributed by atoms with Crippen molar-refractivity contribution < 1.29 is 4.79 Å². The van der Waals surface area contributed by atoms with Gasteiger partial charge in [-0.3, -0.25) is 4.79 Å². The van der Waals surface area contributed by atoms with E-state index in [1.165, 1.54) is 12.5 Å². The minimum Gasteiger partial charge on any atom is -0.344 e. The van der Waals surface area contributed by atoms with Gasteiger partial charge in [0.1, 0.15) is 16.2 Å². The summed E-state index contributed by atoms with van der Waals surface area (Å²) in [6.45, 7) is 0. The largest absolute Gasteiger partial charge is 0.344 e. The molecule has 1 amide bonds. The van der Waals surface area contributed by atoms with Gasteiger partial charge in [-0.05, 0) is 58.5 Å². The Bertz CT molecular complexity index is 828. The number of nitrogens with zero attached hydrogens (tertiary/aromatic N) is 2. The number of rotatable bonds is 5. The van der Waals surface area contributed by atoms with Crippen LogP contribution in [0.2, 0.25) is 0 Å². The molecule has 1 aromatic heterocycles. The molecule has 1 heterocycles. The van der Waals surface area contributed by atoms with Crippen LogP contribution in [0.1, 0.15) is 36.6 Å². The van der Waals surface area contributed by atoms with Crippen LogP contribution in [0.4, 0.5) is 0 Å². The second kappa shape index (κ2) is 9.56. The highest BCUT2D eigenvalue weighted by Crippen LogP contribution is 2.37. The fourth-order valence-corrected chi connectivity index (χ4v) is 3.28. The van der Waals surface area contributed by atoms with Crippen molar-refractivity contribution >= 4 is 41.4 Å². The predicted octanol–water partition coefficient (Wildman–Crippen LogP) is 4.52. The smallest absolute Gasteiger partial charge is 0.262 e. The molecule has 1 fully saturated rings. The zero-order valence-electron chi connectivity index (χ0n) is 14.2. The van der Waals surface area contributed by atoms with Crippen LogP contribution in [0.25, 0.3) is 6.08 Å². The summed E-state index contributed by atoms with van der Waals surface area (Å²) in [4.78, 5) is 16.9. The molecular weight excluding hydrogens is 410 g/mol. The molecule has 1 aromatic carbocycles. The van der Waals surface area contributed by atoms with Crippen LogP contribution in [0.3, 0.4) is 0 Å². The van der Waals surface area contributed by atoms with E-state index in [9.17, 15) is 10.1 Å². The average molecular weight is 430 g/mol. The van der Waals surface area contributed by atoms with Crippen LogP contribution in [-0.4, -0.2) is 10.9 Å². The SMILES string of the molecule is N#C/C(=C\c1cccc(Br)n1)C(=O)N[C@H](c1ccccc1)C1CCC1.S. The fraction of sp³-hybridized carbons (Fsp3) is 0.250. The highest BCUT2D eigenvalue weighted by molar-refractivity contribution is 9.10. The van der Waals surface area contributed by atoms with Gasteiger partial charge in [-0.2, -0.15) is 18.8 Å². The molecule has 1 aliphatic rings. The van der Waals surface area contributed by atoms with Crippen molar-refractivity contribution in [3.63, 3.8) is 0 Å². The maximum Gasteiger partial charge on any atom is 0.262 e. The van der Waals surface area contributed by atoms with E-state index in [2.05, 4.69) is 26.2 Å². The van der Waals surface area contributed by atoms with E-state index in [4.69, 9.17) is 0 Å². The Balaban J connectivity index is 0.00000243. The number of amides is 1. The third-order valence-electron chi connectivity index (χ3n) is 4.46. The molecular formula is C20H20BrN3OS. The summed E-state index contributed by atoms with van der Waals surface area (Å²) in [6, 6.07) is 17.3. The van der Waals surface area contributed by atoms with Gasteiger partial charge in [0.25, 0.3) is 5.91 Å². The molecule has 0 bridgehead atoms. The Morgan fingerprint density at radius 2 is 1.96 bits per heavy atom. The van der Waals surface area contributed by atoms with Gasteiger partial charge in [0.05, 0.1) is 11.7 Å². The molecule has 0 aliphatic heterocycles. The second-order valence-corrected chi connectivity index (χ2v) is 6.92. The van der Waals surface area contributed by atoms with Gasteiger partial charge >= 0.3 is 0 Å². The lowest BCUT2D eigenvalue weighted by molar-refractivity contribution is -0.118. The monoisotopic (exact) mass is 429 g/mol. The van der Waals surface area contributed by atoms with E-state index in [-0.39, 0.29) is 31.0 Å². The number of benzene rings is 1. The molecule has 0 unspecified atom stereocenters. The van der Waals surface area contributed by atoms with Gasteiger partial charge in [-0.25, -0.2) is 4.98 Å². The highest BCUT2D eigenvalue weighted by atomic mass is 79.9. The first kappa shape index (κ1) is 20.2. The van der Waals surface area contributed by atoms with Crippen LogP contribution in [-0.2, 0) is 4.79 Å². The van der Waals surface area contributed by atoms with Crippen molar-refractivity contribution in [3.8, 4) is 6.07 Å². The molecule has 4 nitrogen and oxygen atoms in total. The molecule has 1 aliphatic carbocycles. The highest BCUT2D eigenvalue weighted by Gasteiger charge is 2.30. The van der Waals surface area contributed by atoms with Crippen molar-refractivity contribution in [1.82, 2.24) is 10.3 Å². The van der Waals surface area contributed by atoms with Gasteiger partial charge in [-0.15, -0.1) is 0 Å². The Labute approximate surface area is 168 Å². The van der Waals surface area contributed by atoms with Crippen molar-refractivity contribution in [2.24, 2.45) is 5.92 Å². The molecule has 3 rings (SSSR count). The lowest BCUT2D eigenvalue weighted by Crippen LogP contribution is -2.36. The van der Waals surface area contributed by atoms with E-state index in [1.54, 1.807) is 12.1 Å². The van der Waals surface area contributed by atoms with Crippen LogP contribution >= 0.6 is 29.4 Å². The number of hydrogen-bond acceptors (Lipinski definition) is 3. The first-order valence-corrected chi connectivity index (χ1v) is 9.07. The molecule has 1 saturated carbocycles. The van der Waals surface area contributed by atoms with Crippen LogP contribution in [0.15, 0.2) is 58.7 Å². The number of carbonyl (C=O) groups is 1. The van der Waals surface area contributed by atoms with Crippen LogP contribution in [0, 0.1) is 17.2 Å². The zero-order valence-corrected chi connectivity index (χ0v) is 16.7. The Morgan fingerprint density at radius 1 is 1.23 bits per heavy atom. The minimum atomic E-state index is -0.356. The summed E-state index contributed by atoms with van der Waals surface area (Å²) in [5.74, 6) is 0.0697. The third-order valence-corrected chi connectivity index (χ3v) is 4.90. The Hall–Kier alpha value is -2.10.